The van der Waals surface area contributed by atoms with E-state index in [1.165, 1.54) is 0 Å². The molecule has 0 saturated carbocycles. The summed E-state index contributed by atoms with van der Waals surface area (Å²) in [4.78, 5) is 0. The Morgan fingerprint density at radius 3 is 2.39 bits per heavy atom. The van der Waals surface area contributed by atoms with E-state index in [4.69, 9.17) is 14.9 Å². The van der Waals surface area contributed by atoms with Crippen molar-refractivity contribution in [1.82, 2.24) is 0 Å². The second-order valence-corrected chi connectivity index (χ2v) is 6.00. The molecular formula is C15H28O8. The number of hydrogen-bond donors (Lipinski definition) is 7. The topological polar surface area (TPSA) is 151 Å². The highest BCUT2D eigenvalue weighted by atomic mass is 16.5. The van der Waals surface area contributed by atoms with Gasteiger partial charge in [-0.3, -0.25) is 0 Å². The summed E-state index contributed by atoms with van der Waals surface area (Å²) in [6.07, 6.45) is -7.12. The first-order chi connectivity index (χ1) is 10.8. The maximum atomic E-state index is 10.0. The summed E-state index contributed by atoms with van der Waals surface area (Å²) >= 11 is 0. The van der Waals surface area contributed by atoms with Crippen LogP contribution >= 0.6 is 0 Å². The quantitative estimate of drug-likeness (QED) is 0.231. The maximum absolute atomic E-state index is 10.0. The van der Waals surface area contributed by atoms with Crippen LogP contribution in [-0.2, 0) is 4.74 Å². The van der Waals surface area contributed by atoms with Gasteiger partial charge in [-0.05, 0) is 24.8 Å². The van der Waals surface area contributed by atoms with Crippen molar-refractivity contribution >= 4 is 0 Å². The fourth-order valence-electron chi connectivity index (χ4n) is 2.66. The van der Waals surface area contributed by atoms with Crippen LogP contribution in [0.1, 0.15) is 25.7 Å². The number of ether oxygens (including phenoxy) is 1. The monoisotopic (exact) mass is 336 g/mol. The van der Waals surface area contributed by atoms with Gasteiger partial charge in [0.05, 0.1) is 24.9 Å². The molecule has 0 bridgehead atoms. The highest BCUT2D eigenvalue weighted by Gasteiger charge is 2.37. The molecule has 136 valence electrons. The first kappa shape index (κ1) is 20.5. The van der Waals surface area contributed by atoms with Crippen LogP contribution < -0.4 is 0 Å². The van der Waals surface area contributed by atoms with E-state index in [1.54, 1.807) is 0 Å². The largest absolute Gasteiger partial charge is 0.396 e. The standard InChI is InChI=1S/C15H28O8/c1-8(13(20)15(22)10(18)3-2-4-16)5-9-6-11(19)14(21)12(7-17)23-9/h9-22H,1-7H2/t9-,10-,11-,12-,13-,14+,15+/m1/s1. The van der Waals surface area contributed by atoms with E-state index in [-0.39, 0.29) is 31.4 Å². The predicted octanol–water partition coefficient (Wildman–Crippen LogP) is -2.34. The molecule has 0 aromatic carbocycles. The van der Waals surface area contributed by atoms with Crippen LogP contribution in [0.15, 0.2) is 12.2 Å². The van der Waals surface area contributed by atoms with Gasteiger partial charge in [0.25, 0.3) is 0 Å². The lowest BCUT2D eigenvalue weighted by atomic mass is 9.90. The second-order valence-electron chi connectivity index (χ2n) is 6.00. The summed E-state index contributed by atoms with van der Waals surface area (Å²) < 4.78 is 5.44. The van der Waals surface area contributed by atoms with Crippen molar-refractivity contribution in [3.63, 3.8) is 0 Å². The zero-order valence-corrected chi connectivity index (χ0v) is 13.0. The Morgan fingerprint density at radius 1 is 1.17 bits per heavy atom. The van der Waals surface area contributed by atoms with Gasteiger partial charge in [-0.2, -0.15) is 0 Å². The molecule has 1 rings (SSSR count). The molecule has 0 spiro atoms. The zero-order valence-electron chi connectivity index (χ0n) is 13.0. The Kier molecular flexibility index (Phi) is 8.59. The molecule has 0 aliphatic carbocycles. The van der Waals surface area contributed by atoms with Gasteiger partial charge in [0.2, 0.25) is 0 Å². The average molecular weight is 336 g/mol. The minimum absolute atomic E-state index is 0.102. The smallest absolute Gasteiger partial charge is 0.110 e. The Balaban J connectivity index is 2.54. The van der Waals surface area contributed by atoms with Crippen LogP contribution in [-0.4, -0.2) is 91.7 Å². The summed E-state index contributed by atoms with van der Waals surface area (Å²) in [5.74, 6) is 0. The molecule has 23 heavy (non-hydrogen) atoms. The van der Waals surface area contributed by atoms with Crippen LogP contribution in [0.25, 0.3) is 0 Å². The van der Waals surface area contributed by atoms with Crippen LogP contribution in [0.3, 0.4) is 0 Å². The first-order valence-corrected chi connectivity index (χ1v) is 7.77. The highest BCUT2D eigenvalue weighted by Crippen LogP contribution is 2.26. The van der Waals surface area contributed by atoms with Crippen molar-refractivity contribution in [1.29, 1.82) is 0 Å². The van der Waals surface area contributed by atoms with Gasteiger partial charge < -0.3 is 40.5 Å². The summed E-state index contributed by atoms with van der Waals surface area (Å²) in [6, 6.07) is 0. The molecule has 7 atom stereocenters. The molecule has 1 saturated heterocycles. The van der Waals surface area contributed by atoms with Crippen molar-refractivity contribution in [2.24, 2.45) is 0 Å². The van der Waals surface area contributed by atoms with Gasteiger partial charge in [0.1, 0.15) is 24.4 Å². The molecule has 1 aliphatic heterocycles. The van der Waals surface area contributed by atoms with Gasteiger partial charge >= 0.3 is 0 Å². The van der Waals surface area contributed by atoms with Crippen LogP contribution in [0.2, 0.25) is 0 Å². The molecule has 8 heteroatoms. The second kappa shape index (κ2) is 9.65. The number of aliphatic hydroxyl groups excluding tert-OH is 7. The molecule has 0 unspecified atom stereocenters. The lowest BCUT2D eigenvalue weighted by Gasteiger charge is -2.37. The van der Waals surface area contributed by atoms with E-state index >= 15 is 0 Å². The fraction of sp³-hybridized carbons (Fsp3) is 0.867. The lowest BCUT2D eigenvalue weighted by Crippen LogP contribution is -2.50. The molecule has 7 N–H and O–H groups in total. The van der Waals surface area contributed by atoms with Crippen molar-refractivity contribution in [3.05, 3.63) is 12.2 Å². The molecule has 0 aromatic heterocycles. The Hall–Kier alpha value is -0.580. The van der Waals surface area contributed by atoms with E-state index in [1.807, 2.05) is 0 Å². The predicted molar refractivity (Wildman–Crippen MR) is 80.5 cm³/mol. The van der Waals surface area contributed by atoms with Crippen molar-refractivity contribution in [2.75, 3.05) is 13.2 Å². The number of rotatable bonds is 9. The van der Waals surface area contributed by atoms with Gasteiger partial charge in [-0.1, -0.05) is 6.58 Å². The van der Waals surface area contributed by atoms with Crippen molar-refractivity contribution < 1.29 is 40.5 Å². The third-order valence-corrected chi connectivity index (χ3v) is 4.11. The summed E-state index contributed by atoms with van der Waals surface area (Å²) in [5.41, 5.74) is 0.214. The molecular weight excluding hydrogens is 308 g/mol. The molecule has 0 amide bonds. The van der Waals surface area contributed by atoms with E-state index in [0.29, 0.717) is 6.42 Å². The van der Waals surface area contributed by atoms with E-state index in [9.17, 15) is 25.5 Å². The Labute approximate surface area is 135 Å². The van der Waals surface area contributed by atoms with Gasteiger partial charge in [-0.15, -0.1) is 0 Å². The molecule has 1 aliphatic rings. The lowest BCUT2D eigenvalue weighted by molar-refractivity contribution is -0.179. The maximum Gasteiger partial charge on any atom is 0.110 e. The summed E-state index contributed by atoms with van der Waals surface area (Å²) in [5, 5.41) is 66.9. The fourth-order valence-corrected chi connectivity index (χ4v) is 2.66. The highest BCUT2D eigenvalue weighted by molar-refractivity contribution is 5.08. The van der Waals surface area contributed by atoms with Gasteiger partial charge in [0.15, 0.2) is 0 Å². The first-order valence-electron chi connectivity index (χ1n) is 7.77. The van der Waals surface area contributed by atoms with Gasteiger partial charge in [0, 0.05) is 13.0 Å². The Morgan fingerprint density at radius 2 is 1.83 bits per heavy atom. The van der Waals surface area contributed by atoms with E-state index < -0.39 is 49.3 Å². The van der Waals surface area contributed by atoms with Crippen LogP contribution in [0, 0.1) is 0 Å². The van der Waals surface area contributed by atoms with E-state index in [2.05, 4.69) is 6.58 Å². The van der Waals surface area contributed by atoms with Crippen molar-refractivity contribution in [3.8, 4) is 0 Å². The van der Waals surface area contributed by atoms with Crippen LogP contribution in [0.5, 0.6) is 0 Å². The third-order valence-electron chi connectivity index (χ3n) is 4.11. The van der Waals surface area contributed by atoms with Crippen molar-refractivity contribution in [2.45, 2.75) is 68.4 Å². The molecule has 1 heterocycles. The van der Waals surface area contributed by atoms with Gasteiger partial charge in [-0.25, -0.2) is 0 Å². The zero-order chi connectivity index (χ0) is 17.6. The molecule has 8 nitrogen and oxygen atoms in total. The third kappa shape index (κ3) is 5.77. The SMILES string of the molecule is C=C(C[C@@H]1C[C@@H](O)[C@H](O)[C@@H](CO)O1)[C@@H](O)[C@@H](O)[C@H](O)CCCO. The summed E-state index contributed by atoms with van der Waals surface area (Å²) in [7, 11) is 0. The minimum atomic E-state index is -1.44. The minimum Gasteiger partial charge on any atom is -0.396 e. The number of aliphatic hydroxyl groups is 7. The normalized spacial score (nSPS) is 32.3. The van der Waals surface area contributed by atoms with Crippen LogP contribution in [0.4, 0.5) is 0 Å². The average Bonchev–Trinajstić information content (AvgIpc) is 2.54. The molecule has 1 fully saturated rings. The van der Waals surface area contributed by atoms with E-state index in [0.717, 1.165) is 0 Å². The Bertz CT molecular complexity index is 363. The molecule has 0 aromatic rings. The number of hydrogen-bond acceptors (Lipinski definition) is 8. The summed E-state index contributed by atoms with van der Waals surface area (Å²) in [6.45, 7) is 3.09. The molecule has 0 radical (unpaired) electrons.